The Hall–Kier alpha value is -2.81. The van der Waals surface area contributed by atoms with Crippen LogP contribution in [0.1, 0.15) is 0 Å². The molecule has 0 fully saturated rings. The molecule has 0 aliphatic heterocycles. The monoisotopic (exact) mass is 322 g/mol. The van der Waals surface area contributed by atoms with Crippen molar-refractivity contribution in [1.82, 2.24) is 0 Å². The van der Waals surface area contributed by atoms with Crippen molar-refractivity contribution in [2.75, 3.05) is 0 Å². The molecule has 0 spiro atoms. The number of non-ortho nitro benzene ring substituents is 2. The van der Waals surface area contributed by atoms with Gasteiger partial charge < -0.3 is 9.31 Å². The van der Waals surface area contributed by atoms with E-state index in [2.05, 4.69) is 0 Å². The summed E-state index contributed by atoms with van der Waals surface area (Å²) in [6.45, 7) is -1.19. The molecule has 0 unspecified atom stereocenters. The van der Waals surface area contributed by atoms with Crippen molar-refractivity contribution in [3.63, 3.8) is 0 Å². The predicted molar refractivity (Wildman–Crippen MR) is 79.1 cm³/mol. The Balaban J connectivity index is 1.95. The van der Waals surface area contributed by atoms with E-state index in [0.717, 1.165) is 0 Å². The van der Waals surface area contributed by atoms with E-state index in [9.17, 15) is 20.2 Å². The standard InChI is InChI=1S/C12H8BClN2O6/c14-13(21-11-5-1-9(2-6-11)15(17)18)22-12-7-3-10(4-8-12)16(19)20/h1-8H. The van der Waals surface area contributed by atoms with Gasteiger partial charge in [0.25, 0.3) is 11.4 Å². The first kappa shape index (κ1) is 15.6. The van der Waals surface area contributed by atoms with Gasteiger partial charge in [0.05, 0.1) is 9.85 Å². The average Bonchev–Trinajstić information content (AvgIpc) is 2.48. The lowest BCUT2D eigenvalue weighted by Gasteiger charge is -2.10. The maximum atomic E-state index is 10.5. The first-order valence-corrected chi connectivity index (χ1v) is 6.35. The summed E-state index contributed by atoms with van der Waals surface area (Å²) in [7, 11) is 0. The highest BCUT2D eigenvalue weighted by Gasteiger charge is 2.20. The molecule has 0 aliphatic rings. The molecule has 0 saturated carbocycles. The third-order valence-electron chi connectivity index (χ3n) is 2.55. The van der Waals surface area contributed by atoms with Crippen molar-refractivity contribution >= 4 is 29.4 Å². The Bertz CT molecular complexity index is 620. The molecule has 0 saturated heterocycles. The lowest BCUT2D eigenvalue weighted by Crippen LogP contribution is -2.23. The summed E-state index contributed by atoms with van der Waals surface area (Å²) in [6.07, 6.45) is 0. The largest absolute Gasteiger partial charge is 0.713 e. The van der Waals surface area contributed by atoms with Crippen LogP contribution in [0.25, 0.3) is 0 Å². The molecule has 0 atom stereocenters. The molecule has 0 aliphatic carbocycles. The number of nitro groups is 2. The van der Waals surface area contributed by atoms with Gasteiger partial charge in [0.2, 0.25) is 0 Å². The Kier molecular flexibility index (Phi) is 4.79. The third-order valence-corrected chi connectivity index (χ3v) is 2.73. The summed E-state index contributed by atoms with van der Waals surface area (Å²) in [4.78, 5) is 20.0. The van der Waals surface area contributed by atoms with Gasteiger partial charge in [0, 0.05) is 24.3 Å². The molecule has 112 valence electrons. The minimum atomic E-state index is -1.19. The van der Waals surface area contributed by atoms with Crippen LogP contribution >= 0.6 is 11.5 Å². The topological polar surface area (TPSA) is 105 Å². The first-order chi connectivity index (χ1) is 10.5. The molecule has 2 aromatic carbocycles. The Morgan fingerprint density at radius 1 is 0.773 bits per heavy atom. The Morgan fingerprint density at radius 3 is 1.36 bits per heavy atom. The molecule has 2 rings (SSSR count). The van der Waals surface area contributed by atoms with Gasteiger partial charge in [-0.2, -0.15) is 0 Å². The summed E-state index contributed by atoms with van der Waals surface area (Å²) in [6, 6.07) is 10.6. The number of rotatable bonds is 6. The summed E-state index contributed by atoms with van der Waals surface area (Å²) in [5, 5.41) is 21.0. The fourth-order valence-electron chi connectivity index (χ4n) is 1.53. The quantitative estimate of drug-likeness (QED) is 0.459. The second kappa shape index (κ2) is 6.77. The molecule has 10 heteroatoms. The van der Waals surface area contributed by atoms with E-state index in [1.165, 1.54) is 48.5 Å². The minimum Gasteiger partial charge on any atom is -0.513 e. The number of benzene rings is 2. The summed E-state index contributed by atoms with van der Waals surface area (Å²) >= 11 is 5.84. The van der Waals surface area contributed by atoms with Gasteiger partial charge in [-0.3, -0.25) is 20.2 Å². The van der Waals surface area contributed by atoms with Gasteiger partial charge in [-0.1, -0.05) is 11.5 Å². The van der Waals surface area contributed by atoms with Crippen LogP contribution in [-0.4, -0.2) is 16.4 Å². The van der Waals surface area contributed by atoms with E-state index in [4.69, 9.17) is 20.8 Å². The number of hydrogen-bond acceptors (Lipinski definition) is 6. The van der Waals surface area contributed by atoms with Gasteiger partial charge in [-0.15, -0.1) is 0 Å². The van der Waals surface area contributed by atoms with Crippen molar-refractivity contribution in [3.8, 4) is 11.5 Å². The zero-order chi connectivity index (χ0) is 16.1. The Morgan fingerprint density at radius 2 is 1.09 bits per heavy atom. The van der Waals surface area contributed by atoms with Crippen molar-refractivity contribution in [2.24, 2.45) is 0 Å². The molecule has 0 bridgehead atoms. The maximum absolute atomic E-state index is 10.5. The molecule has 2 aromatic rings. The average molecular weight is 322 g/mol. The SMILES string of the molecule is O=[N+]([O-])c1ccc(OB(Cl)Oc2ccc([N+](=O)[O-])cc2)cc1. The van der Waals surface area contributed by atoms with Crippen LogP contribution in [0.2, 0.25) is 0 Å². The van der Waals surface area contributed by atoms with Crippen LogP contribution in [0.4, 0.5) is 11.4 Å². The fourth-order valence-corrected chi connectivity index (χ4v) is 1.74. The van der Waals surface area contributed by atoms with E-state index in [0.29, 0.717) is 0 Å². The van der Waals surface area contributed by atoms with Crippen molar-refractivity contribution < 1.29 is 19.2 Å². The maximum Gasteiger partial charge on any atom is 0.713 e. The highest BCUT2D eigenvalue weighted by molar-refractivity contribution is 7.00. The second-order valence-electron chi connectivity index (χ2n) is 4.01. The second-order valence-corrected chi connectivity index (χ2v) is 4.37. The molecule has 0 amide bonds. The summed E-state index contributed by atoms with van der Waals surface area (Å²) in [5.74, 6) is 0.569. The van der Waals surface area contributed by atoms with Crippen LogP contribution in [0.15, 0.2) is 48.5 Å². The molecule has 0 heterocycles. The van der Waals surface area contributed by atoms with Crippen molar-refractivity contribution in [1.29, 1.82) is 0 Å². The summed E-state index contributed by atoms with van der Waals surface area (Å²) < 4.78 is 10.4. The van der Waals surface area contributed by atoms with Gasteiger partial charge in [-0.25, -0.2) is 0 Å². The predicted octanol–water partition coefficient (Wildman–Crippen LogP) is 3.18. The van der Waals surface area contributed by atoms with Crippen LogP contribution in [0.3, 0.4) is 0 Å². The molecule has 0 aromatic heterocycles. The lowest BCUT2D eigenvalue weighted by molar-refractivity contribution is -0.385. The van der Waals surface area contributed by atoms with Crippen LogP contribution in [0.5, 0.6) is 11.5 Å². The van der Waals surface area contributed by atoms with E-state index < -0.39 is 16.4 Å². The fraction of sp³-hybridized carbons (Fsp3) is 0. The molecule has 8 nitrogen and oxygen atoms in total. The van der Waals surface area contributed by atoms with Crippen LogP contribution in [-0.2, 0) is 0 Å². The minimum absolute atomic E-state index is 0.0743. The zero-order valence-electron chi connectivity index (χ0n) is 10.9. The first-order valence-electron chi connectivity index (χ1n) is 5.92. The third kappa shape index (κ3) is 4.09. The lowest BCUT2D eigenvalue weighted by atomic mass is 10.2. The van der Waals surface area contributed by atoms with Crippen LogP contribution in [0, 0.1) is 20.2 Å². The molecule has 0 radical (unpaired) electrons. The number of hydrogen-bond donors (Lipinski definition) is 0. The van der Waals surface area contributed by atoms with E-state index in [1.807, 2.05) is 0 Å². The van der Waals surface area contributed by atoms with Gasteiger partial charge in [-0.05, 0) is 24.3 Å². The van der Waals surface area contributed by atoms with E-state index in [-0.39, 0.29) is 22.9 Å². The zero-order valence-corrected chi connectivity index (χ0v) is 11.7. The van der Waals surface area contributed by atoms with E-state index >= 15 is 0 Å². The number of halogens is 1. The number of nitrogens with zero attached hydrogens (tertiary/aromatic N) is 2. The Labute approximate surface area is 129 Å². The molecular weight excluding hydrogens is 314 g/mol. The summed E-state index contributed by atoms with van der Waals surface area (Å²) in [5.41, 5.74) is -0.149. The normalized spacial score (nSPS) is 9.86. The van der Waals surface area contributed by atoms with Crippen molar-refractivity contribution in [2.45, 2.75) is 0 Å². The van der Waals surface area contributed by atoms with Gasteiger partial charge >= 0.3 is 6.53 Å². The van der Waals surface area contributed by atoms with E-state index in [1.54, 1.807) is 0 Å². The van der Waals surface area contributed by atoms with Crippen molar-refractivity contribution in [3.05, 3.63) is 68.8 Å². The van der Waals surface area contributed by atoms with Gasteiger partial charge in [0.1, 0.15) is 11.5 Å². The van der Waals surface area contributed by atoms with Crippen LogP contribution < -0.4 is 9.31 Å². The molecule has 22 heavy (non-hydrogen) atoms. The number of nitro benzene ring substituents is 2. The molecular formula is C12H8BClN2O6. The highest BCUT2D eigenvalue weighted by Crippen LogP contribution is 2.21. The smallest absolute Gasteiger partial charge is 0.513 e. The van der Waals surface area contributed by atoms with Gasteiger partial charge in [0.15, 0.2) is 0 Å². The highest BCUT2D eigenvalue weighted by atomic mass is 35.5. The molecule has 0 N–H and O–H groups in total.